The Morgan fingerprint density at radius 3 is 2.44 bits per heavy atom. The minimum absolute atomic E-state index is 0.0141. The largest absolute Gasteiger partial charge is 0.494 e. The second-order valence-electron chi connectivity index (χ2n) is 6.34. The maximum Gasteiger partial charge on any atom is 0.258 e. The van der Waals surface area contributed by atoms with Gasteiger partial charge in [0.25, 0.3) is 5.91 Å². The van der Waals surface area contributed by atoms with E-state index in [0.717, 1.165) is 28.2 Å². The van der Waals surface area contributed by atoms with Crippen molar-refractivity contribution in [1.29, 1.82) is 0 Å². The number of ether oxygens (including phenoxy) is 2. The molecule has 0 aliphatic rings. The number of nitrogens with one attached hydrogen (secondary N) is 1. The molecule has 25 heavy (non-hydrogen) atoms. The maximum absolute atomic E-state index is 12.1. The summed E-state index contributed by atoms with van der Waals surface area (Å²) >= 11 is 0. The first kappa shape index (κ1) is 18.8. The molecule has 0 heterocycles. The van der Waals surface area contributed by atoms with E-state index < -0.39 is 0 Å². The van der Waals surface area contributed by atoms with Crippen molar-refractivity contribution in [1.82, 2.24) is 5.32 Å². The first-order valence-corrected chi connectivity index (χ1v) is 8.71. The van der Waals surface area contributed by atoms with E-state index in [1.54, 1.807) is 0 Å². The van der Waals surface area contributed by atoms with E-state index in [9.17, 15) is 4.79 Å². The van der Waals surface area contributed by atoms with Crippen molar-refractivity contribution in [3.8, 4) is 11.5 Å². The molecule has 1 N–H and O–H groups in total. The van der Waals surface area contributed by atoms with Gasteiger partial charge in [0.15, 0.2) is 6.61 Å². The molecule has 0 aliphatic carbocycles. The lowest BCUT2D eigenvalue weighted by Crippen LogP contribution is -2.28. The predicted octanol–water partition coefficient (Wildman–Crippen LogP) is 4.21. The van der Waals surface area contributed by atoms with E-state index in [1.165, 1.54) is 0 Å². The van der Waals surface area contributed by atoms with Crippen molar-refractivity contribution in [3.05, 3.63) is 59.2 Å². The van der Waals surface area contributed by atoms with Crippen molar-refractivity contribution >= 4 is 5.91 Å². The molecular formula is C21H27NO3. The van der Waals surface area contributed by atoms with Crippen LogP contribution in [0.3, 0.4) is 0 Å². The zero-order chi connectivity index (χ0) is 18.2. The number of amides is 1. The first-order valence-electron chi connectivity index (χ1n) is 8.71. The van der Waals surface area contributed by atoms with Crippen LogP contribution >= 0.6 is 0 Å². The molecule has 0 spiro atoms. The SMILES string of the molecule is CCOc1ccc(CNC(=O)COc2cc(C)ccc2C(C)C)cc1. The number of carbonyl (C=O) groups excluding carboxylic acids is 1. The number of aryl methyl sites for hydroxylation is 1. The maximum atomic E-state index is 12.1. The fraction of sp³-hybridized carbons (Fsp3) is 0.381. The van der Waals surface area contributed by atoms with E-state index in [2.05, 4.69) is 31.3 Å². The fourth-order valence-corrected chi connectivity index (χ4v) is 2.51. The van der Waals surface area contributed by atoms with Crippen molar-refractivity contribution in [2.24, 2.45) is 0 Å². The molecule has 0 fully saturated rings. The highest BCUT2D eigenvalue weighted by Crippen LogP contribution is 2.27. The Morgan fingerprint density at radius 1 is 1.08 bits per heavy atom. The summed E-state index contributed by atoms with van der Waals surface area (Å²) in [6.07, 6.45) is 0. The summed E-state index contributed by atoms with van der Waals surface area (Å²) in [5.74, 6) is 1.83. The van der Waals surface area contributed by atoms with Crippen LogP contribution in [0, 0.1) is 6.92 Å². The van der Waals surface area contributed by atoms with Crippen LogP contribution < -0.4 is 14.8 Å². The highest BCUT2D eigenvalue weighted by atomic mass is 16.5. The molecule has 4 nitrogen and oxygen atoms in total. The Morgan fingerprint density at radius 2 is 1.80 bits per heavy atom. The zero-order valence-electron chi connectivity index (χ0n) is 15.5. The number of rotatable bonds is 8. The molecule has 0 bridgehead atoms. The van der Waals surface area contributed by atoms with Crippen LogP contribution in [0.4, 0.5) is 0 Å². The van der Waals surface area contributed by atoms with Crippen LogP contribution in [0.25, 0.3) is 0 Å². The lowest BCUT2D eigenvalue weighted by atomic mass is 10.0. The van der Waals surface area contributed by atoms with Gasteiger partial charge in [0.1, 0.15) is 11.5 Å². The lowest BCUT2D eigenvalue weighted by molar-refractivity contribution is -0.123. The summed E-state index contributed by atoms with van der Waals surface area (Å²) in [6.45, 7) is 9.33. The molecule has 4 heteroatoms. The topological polar surface area (TPSA) is 47.6 Å². The van der Waals surface area contributed by atoms with Gasteiger partial charge < -0.3 is 14.8 Å². The molecular weight excluding hydrogens is 314 g/mol. The van der Waals surface area contributed by atoms with Gasteiger partial charge in [-0.1, -0.05) is 38.1 Å². The second kappa shape index (κ2) is 9.11. The predicted molar refractivity (Wildman–Crippen MR) is 100 cm³/mol. The quantitative estimate of drug-likeness (QED) is 0.782. The van der Waals surface area contributed by atoms with E-state index in [1.807, 2.05) is 44.2 Å². The molecule has 2 aromatic rings. The Balaban J connectivity index is 1.86. The molecule has 0 atom stereocenters. The number of hydrogen-bond acceptors (Lipinski definition) is 3. The Bertz CT molecular complexity index is 693. The first-order chi connectivity index (χ1) is 12.0. The van der Waals surface area contributed by atoms with Crippen molar-refractivity contribution < 1.29 is 14.3 Å². The average Bonchev–Trinajstić information content (AvgIpc) is 2.59. The third-order valence-corrected chi connectivity index (χ3v) is 3.87. The van der Waals surface area contributed by atoms with E-state index in [-0.39, 0.29) is 12.5 Å². The molecule has 0 saturated carbocycles. The summed E-state index contributed by atoms with van der Waals surface area (Å²) in [5.41, 5.74) is 3.26. The zero-order valence-corrected chi connectivity index (χ0v) is 15.5. The van der Waals surface area contributed by atoms with Gasteiger partial charge in [-0.15, -0.1) is 0 Å². The fourth-order valence-electron chi connectivity index (χ4n) is 2.51. The van der Waals surface area contributed by atoms with Crippen molar-refractivity contribution in [2.45, 2.75) is 40.2 Å². The molecule has 134 valence electrons. The molecule has 0 saturated heterocycles. The Hall–Kier alpha value is -2.49. The Labute approximate surface area is 150 Å². The summed E-state index contributed by atoms with van der Waals surface area (Å²) in [4.78, 5) is 12.1. The molecule has 0 aliphatic heterocycles. The van der Waals surface area contributed by atoms with Crippen LogP contribution in [0.15, 0.2) is 42.5 Å². The van der Waals surface area contributed by atoms with E-state index >= 15 is 0 Å². The minimum Gasteiger partial charge on any atom is -0.494 e. The van der Waals surface area contributed by atoms with Gasteiger partial charge in [0.05, 0.1) is 6.61 Å². The standard InChI is InChI=1S/C21H27NO3/c1-5-24-18-9-7-17(8-10-18)13-22-21(23)14-25-20-12-16(4)6-11-19(20)15(2)3/h6-12,15H,5,13-14H2,1-4H3,(H,22,23). The van der Waals surface area contributed by atoms with Crippen LogP contribution in [0.5, 0.6) is 11.5 Å². The second-order valence-corrected chi connectivity index (χ2v) is 6.34. The lowest BCUT2D eigenvalue weighted by Gasteiger charge is -2.15. The molecule has 0 unspecified atom stereocenters. The van der Waals surface area contributed by atoms with Crippen LogP contribution in [-0.2, 0) is 11.3 Å². The smallest absolute Gasteiger partial charge is 0.258 e. The third kappa shape index (κ3) is 5.82. The number of benzene rings is 2. The minimum atomic E-state index is -0.134. The molecule has 2 rings (SSSR count). The number of carbonyl (C=O) groups is 1. The summed E-state index contributed by atoms with van der Waals surface area (Å²) in [7, 11) is 0. The van der Waals surface area contributed by atoms with Crippen LogP contribution in [-0.4, -0.2) is 19.1 Å². The molecule has 2 aromatic carbocycles. The van der Waals surface area contributed by atoms with E-state index in [0.29, 0.717) is 19.1 Å². The summed E-state index contributed by atoms with van der Waals surface area (Å²) < 4.78 is 11.2. The van der Waals surface area contributed by atoms with Gasteiger partial charge in [-0.25, -0.2) is 0 Å². The van der Waals surface area contributed by atoms with Gasteiger partial charge in [-0.3, -0.25) is 4.79 Å². The van der Waals surface area contributed by atoms with Crippen LogP contribution in [0.2, 0.25) is 0 Å². The van der Waals surface area contributed by atoms with Gasteiger partial charge in [0.2, 0.25) is 0 Å². The molecule has 0 aromatic heterocycles. The highest BCUT2D eigenvalue weighted by Gasteiger charge is 2.10. The Kier molecular flexibility index (Phi) is 6.87. The normalized spacial score (nSPS) is 10.6. The summed E-state index contributed by atoms with van der Waals surface area (Å²) in [5, 5.41) is 2.88. The van der Waals surface area contributed by atoms with Gasteiger partial charge in [-0.05, 0) is 54.7 Å². The van der Waals surface area contributed by atoms with Gasteiger partial charge in [-0.2, -0.15) is 0 Å². The molecule has 1 amide bonds. The van der Waals surface area contributed by atoms with Crippen molar-refractivity contribution in [3.63, 3.8) is 0 Å². The van der Waals surface area contributed by atoms with Crippen LogP contribution in [0.1, 0.15) is 43.4 Å². The number of hydrogen-bond donors (Lipinski definition) is 1. The van der Waals surface area contributed by atoms with E-state index in [4.69, 9.17) is 9.47 Å². The average molecular weight is 341 g/mol. The van der Waals surface area contributed by atoms with Gasteiger partial charge >= 0.3 is 0 Å². The highest BCUT2D eigenvalue weighted by molar-refractivity contribution is 5.77. The van der Waals surface area contributed by atoms with Crippen molar-refractivity contribution in [2.75, 3.05) is 13.2 Å². The monoisotopic (exact) mass is 341 g/mol. The van der Waals surface area contributed by atoms with Gasteiger partial charge in [0, 0.05) is 6.54 Å². The molecule has 0 radical (unpaired) electrons. The third-order valence-electron chi connectivity index (χ3n) is 3.87. The summed E-state index contributed by atoms with van der Waals surface area (Å²) in [6, 6.07) is 13.8.